The van der Waals surface area contributed by atoms with Crippen LogP contribution >= 0.6 is 15.9 Å². The quantitative estimate of drug-likeness (QED) is 0.769. The molecule has 1 amide bonds. The van der Waals surface area contributed by atoms with Crippen LogP contribution in [0.2, 0.25) is 0 Å². The number of carbonyl (C=O) groups is 1. The minimum absolute atomic E-state index is 0.00366. The summed E-state index contributed by atoms with van der Waals surface area (Å²) in [5.74, 6) is 0.906. The maximum absolute atomic E-state index is 12.2. The summed E-state index contributed by atoms with van der Waals surface area (Å²) in [4.78, 5) is 12.2. The molecule has 0 bridgehead atoms. The molecule has 0 spiro atoms. The van der Waals surface area contributed by atoms with Gasteiger partial charge in [-0.15, -0.1) is 0 Å². The third-order valence-corrected chi connectivity index (χ3v) is 3.98. The fourth-order valence-corrected chi connectivity index (χ4v) is 2.47. The van der Waals surface area contributed by atoms with E-state index >= 15 is 0 Å². The molecule has 5 heteroatoms. The Morgan fingerprint density at radius 2 is 1.83 bits per heavy atom. The van der Waals surface area contributed by atoms with E-state index in [2.05, 4.69) is 21.2 Å². The van der Waals surface area contributed by atoms with Gasteiger partial charge in [0.15, 0.2) is 0 Å². The molecule has 1 unspecified atom stereocenters. The fraction of sp³-hybridized carbons (Fsp3) is 0.278. The Balaban J connectivity index is 1.87. The molecule has 1 atom stereocenters. The summed E-state index contributed by atoms with van der Waals surface area (Å²) < 4.78 is 6.44. The minimum Gasteiger partial charge on any atom is -0.492 e. The van der Waals surface area contributed by atoms with E-state index in [1.54, 1.807) is 0 Å². The topological polar surface area (TPSA) is 64.3 Å². The van der Waals surface area contributed by atoms with Gasteiger partial charge in [0.1, 0.15) is 12.4 Å². The Morgan fingerprint density at radius 1 is 1.17 bits per heavy atom. The Hall–Kier alpha value is -1.85. The van der Waals surface area contributed by atoms with Crippen molar-refractivity contribution in [3.8, 4) is 5.75 Å². The molecule has 0 aliphatic heterocycles. The third-order valence-electron chi connectivity index (χ3n) is 3.46. The van der Waals surface area contributed by atoms with Crippen LogP contribution in [0.15, 0.2) is 53.0 Å². The van der Waals surface area contributed by atoms with Crippen molar-refractivity contribution in [2.24, 2.45) is 5.73 Å². The number of nitrogens with one attached hydrogen (secondary N) is 1. The van der Waals surface area contributed by atoms with Crippen molar-refractivity contribution in [2.75, 3.05) is 18.5 Å². The molecule has 0 aromatic heterocycles. The Morgan fingerprint density at radius 3 is 2.43 bits per heavy atom. The molecule has 0 saturated carbocycles. The standard InChI is InChI=1S/C18H21BrN2O2/c1-13(14-2-4-15(19)5-3-14)12-18(22)21-16-6-8-17(9-7-16)23-11-10-20/h2-9,13H,10-12,20H2,1H3,(H,21,22). The van der Waals surface area contributed by atoms with Crippen LogP contribution in [0.3, 0.4) is 0 Å². The van der Waals surface area contributed by atoms with E-state index < -0.39 is 0 Å². The first-order valence-corrected chi connectivity index (χ1v) is 8.36. The van der Waals surface area contributed by atoms with Crippen molar-refractivity contribution < 1.29 is 9.53 Å². The van der Waals surface area contributed by atoms with Gasteiger partial charge in [0.2, 0.25) is 5.91 Å². The van der Waals surface area contributed by atoms with E-state index in [1.807, 2.05) is 55.5 Å². The highest BCUT2D eigenvalue weighted by Crippen LogP contribution is 2.22. The number of amides is 1. The Labute approximate surface area is 145 Å². The average Bonchev–Trinajstić information content (AvgIpc) is 2.54. The summed E-state index contributed by atoms with van der Waals surface area (Å²) in [6.07, 6.45) is 0.438. The lowest BCUT2D eigenvalue weighted by Gasteiger charge is -2.12. The molecule has 0 radical (unpaired) electrons. The number of benzene rings is 2. The molecule has 4 nitrogen and oxygen atoms in total. The largest absolute Gasteiger partial charge is 0.492 e. The maximum Gasteiger partial charge on any atom is 0.224 e. The number of halogens is 1. The van der Waals surface area contributed by atoms with Crippen LogP contribution < -0.4 is 15.8 Å². The first-order chi connectivity index (χ1) is 11.1. The van der Waals surface area contributed by atoms with E-state index in [-0.39, 0.29) is 11.8 Å². The summed E-state index contributed by atoms with van der Waals surface area (Å²) >= 11 is 3.41. The van der Waals surface area contributed by atoms with Crippen molar-refractivity contribution in [1.29, 1.82) is 0 Å². The number of hydrogen-bond acceptors (Lipinski definition) is 3. The molecule has 2 aromatic carbocycles. The summed E-state index contributed by atoms with van der Waals surface area (Å²) in [5, 5.41) is 2.91. The number of ether oxygens (including phenoxy) is 1. The number of anilines is 1. The smallest absolute Gasteiger partial charge is 0.224 e. The van der Waals surface area contributed by atoms with Gasteiger partial charge >= 0.3 is 0 Å². The molecule has 0 aliphatic carbocycles. The van der Waals surface area contributed by atoms with Gasteiger partial charge in [-0.2, -0.15) is 0 Å². The summed E-state index contributed by atoms with van der Waals surface area (Å²) in [6.45, 7) is 3.01. The predicted molar refractivity (Wildman–Crippen MR) is 96.8 cm³/mol. The molecular formula is C18H21BrN2O2. The second-order valence-electron chi connectivity index (χ2n) is 5.37. The van der Waals surface area contributed by atoms with Crippen molar-refractivity contribution >= 4 is 27.5 Å². The first-order valence-electron chi connectivity index (χ1n) is 7.56. The zero-order valence-electron chi connectivity index (χ0n) is 13.1. The third kappa shape index (κ3) is 5.69. The molecule has 0 saturated heterocycles. The predicted octanol–water partition coefficient (Wildman–Crippen LogP) is 3.92. The minimum atomic E-state index is -0.00366. The van der Waals surface area contributed by atoms with Gasteiger partial charge in [-0.05, 0) is 47.9 Å². The van der Waals surface area contributed by atoms with Crippen LogP contribution in [0.4, 0.5) is 5.69 Å². The molecule has 122 valence electrons. The van der Waals surface area contributed by atoms with E-state index in [0.717, 1.165) is 21.5 Å². The molecule has 0 fully saturated rings. The van der Waals surface area contributed by atoms with Crippen molar-refractivity contribution in [1.82, 2.24) is 0 Å². The van der Waals surface area contributed by atoms with Crippen molar-refractivity contribution in [3.05, 3.63) is 58.6 Å². The van der Waals surface area contributed by atoms with Crippen LogP contribution in [-0.4, -0.2) is 19.1 Å². The van der Waals surface area contributed by atoms with E-state index in [4.69, 9.17) is 10.5 Å². The monoisotopic (exact) mass is 376 g/mol. The Kier molecular flexibility index (Phi) is 6.62. The van der Waals surface area contributed by atoms with Gasteiger partial charge in [-0.25, -0.2) is 0 Å². The summed E-state index contributed by atoms with van der Waals surface area (Å²) in [7, 11) is 0. The first kappa shape index (κ1) is 17.5. The van der Waals surface area contributed by atoms with Crippen LogP contribution in [0.25, 0.3) is 0 Å². The number of nitrogens with two attached hydrogens (primary N) is 1. The van der Waals surface area contributed by atoms with Crippen LogP contribution in [0.5, 0.6) is 5.75 Å². The van der Waals surface area contributed by atoms with Gasteiger partial charge < -0.3 is 15.8 Å². The maximum atomic E-state index is 12.2. The van der Waals surface area contributed by atoms with E-state index in [9.17, 15) is 4.79 Å². The number of carbonyl (C=O) groups excluding carboxylic acids is 1. The van der Waals surface area contributed by atoms with Crippen molar-refractivity contribution in [3.63, 3.8) is 0 Å². The molecule has 23 heavy (non-hydrogen) atoms. The van der Waals surface area contributed by atoms with E-state index in [1.165, 1.54) is 0 Å². The van der Waals surface area contributed by atoms with E-state index in [0.29, 0.717) is 19.6 Å². The highest BCUT2D eigenvalue weighted by Gasteiger charge is 2.11. The zero-order valence-corrected chi connectivity index (χ0v) is 14.7. The lowest BCUT2D eigenvalue weighted by Crippen LogP contribution is -2.14. The van der Waals surface area contributed by atoms with Gasteiger partial charge in [-0.1, -0.05) is 35.0 Å². The highest BCUT2D eigenvalue weighted by molar-refractivity contribution is 9.10. The van der Waals surface area contributed by atoms with Crippen molar-refractivity contribution in [2.45, 2.75) is 19.3 Å². The second kappa shape index (κ2) is 8.70. The lowest BCUT2D eigenvalue weighted by atomic mass is 9.97. The Bertz CT molecular complexity index is 626. The summed E-state index contributed by atoms with van der Waals surface area (Å²) in [5.41, 5.74) is 7.30. The number of rotatable bonds is 7. The SMILES string of the molecule is CC(CC(=O)Nc1ccc(OCCN)cc1)c1ccc(Br)cc1. The van der Waals surface area contributed by atoms with Gasteiger partial charge in [0.25, 0.3) is 0 Å². The van der Waals surface area contributed by atoms with Crippen LogP contribution in [0, 0.1) is 0 Å². The van der Waals surface area contributed by atoms with Gasteiger partial charge in [-0.3, -0.25) is 4.79 Å². The lowest BCUT2D eigenvalue weighted by molar-refractivity contribution is -0.116. The normalized spacial score (nSPS) is 11.8. The fourth-order valence-electron chi connectivity index (χ4n) is 2.21. The van der Waals surface area contributed by atoms with Gasteiger partial charge in [0, 0.05) is 23.1 Å². The second-order valence-corrected chi connectivity index (χ2v) is 6.28. The van der Waals surface area contributed by atoms with Crippen LogP contribution in [0.1, 0.15) is 24.8 Å². The molecule has 2 rings (SSSR count). The van der Waals surface area contributed by atoms with Gasteiger partial charge in [0.05, 0.1) is 0 Å². The molecule has 3 N–H and O–H groups in total. The molecule has 0 aliphatic rings. The average molecular weight is 377 g/mol. The molecular weight excluding hydrogens is 356 g/mol. The summed E-state index contributed by atoms with van der Waals surface area (Å²) in [6, 6.07) is 15.3. The number of hydrogen-bond donors (Lipinski definition) is 2. The van der Waals surface area contributed by atoms with Crippen LogP contribution in [-0.2, 0) is 4.79 Å². The highest BCUT2D eigenvalue weighted by atomic mass is 79.9. The zero-order chi connectivity index (χ0) is 16.7. The molecule has 0 heterocycles. The molecule has 2 aromatic rings.